The molecule has 4 rings (SSSR count). The molecule has 1 aromatic heterocycles. The molecule has 0 atom stereocenters. The van der Waals surface area contributed by atoms with E-state index in [1.54, 1.807) is 12.1 Å². The molecule has 0 saturated carbocycles. The maximum absolute atomic E-state index is 12.8. The smallest absolute Gasteiger partial charge is 0.362 e. The number of alkyl halides is 3. The highest BCUT2D eigenvalue weighted by atomic mass is 19.4. The minimum Gasteiger partial charge on any atom is -0.362 e. The Balaban J connectivity index is 1.43. The number of carbonyl (C=O) groups is 1. The first-order valence-corrected chi connectivity index (χ1v) is 9.15. The number of anilines is 1. The largest absolute Gasteiger partial charge is 0.416 e. The Morgan fingerprint density at radius 2 is 1.79 bits per heavy atom. The fraction of sp³-hybridized carbons (Fsp3) is 0.286. The molecule has 3 aromatic rings. The van der Waals surface area contributed by atoms with Crippen molar-refractivity contribution in [1.29, 1.82) is 0 Å². The second-order valence-electron chi connectivity index (χ2n) is 6.87. The van der Waals surface area contributed by atoms with Crippen molar-refractivity contribution in [2.75, 3.05) is 11.9 Å². The Kier molecular flexibility index (Phi) is 4.75. The van der Waals surface area contributed by atoms with E-state index in [1.165, 1.54) is 12.1 Å². The van der Waals surface area contributed by atoms with Gasteiger partial charge in [-0.3, -0.25) is 4.79 Å². The summed E-state index contributed by atoms with van der Waals surface area (Å²) in [4.78, 5) is 21.1. The third-order valence-electron chi connectivity index (χ3n) is 4.86. The van der Waals surface area contributed by atoms with Gasteiger partial charge < -0.3 is 5.32 Å². The number of benzene rings is 2. The molecular weight excluding hydrogens is 367 g/mol. The monoisotopic (exact) mass is 385 g/mol. The van der Waals surface area contributed by atoms with Crippen LogP contribution in [0.3, 0.4) is 0 Å². The number of unbranched alkanes of at least 4 members (excludes halogenated alkanes) is 1. The topological polar surface area (TPSA) is 54.9 Å². The first-order valence-electron chi connectivity index (χ1n) is 9.15. The number of nitrogens with zero attached hydrogens (tertiary/aromatic N) is 2. The second kappa shape index (κ2) is 7.22. The Morgan fingerprint density at radius 1 is 1.00 bits per heavy atom. The highest BCUT2D eigenvalue weighted by Crippen LogP contribution is 2.30. The number of Topliss-reactive ketones (excluding diaryl/α,β-unsaturated/α-hetero) is 1. The zero-order valence-electron chi connectivity index (χ0n) is 15.0. The van der Waals surface area contributed by atoms with Crippen LogP contribution < -0.4 is 5.32 Å². The van der Waals surface area contributed by atoms with Gasteiger partial charge in [0, 0.05) is 12.0 Å². The van der Waals surface area contributed by atoms with Crippen LogP contribution in [0.1, 0.15) is 40.2 Å². The van der Waals surface area contributed by atoms with Gasteiger partial charge in [0.05, 0.1) is 23.0 Å². The van der Waals surface area contributed by atoms with Gasteiger partial charge in [-0.2, -0.15) is 13.2 Å². The van der Waals surface area contributed by atoms with Crippen LogP contribution in [0.25, 0.3) is 10.9 Å². The molecular formula is C21H18F3N3O. The average molecular weight is 385 g/mol. The third-order valence-corrected chi connectivity index (χ3v) is 4.86. The molecule has 4 nitrogen and oxygen atoms in total. The molecule has 0 amide bonds. The molecule has 2 heterocycles. The highest BCUT2D eigenvalue weighted by molar-refractivity contribution is 6.15. The summed E-state index contributed by atoms with van der Waals surface area (Å²) in [7, 11) is 0. The quantitative estimate of drug-likeness (QED) is 0.640. The number of ketones is 1. The maximum atomic E-state index is 12.8. The fourth-order valence-corrected chi connectivity index (χ4v) is 3.48. The summed E-state index contributed by atoms with van der Waals surface area (Å²) in [6.45, 7) is 0.220. The summed E-state index contributed by atoms with van der Waals surface area (Å²) in [6.07, 6.45) is -1.61. The summed E-state index contributed by atoms with van der Waals surface area (Å²) in [5, 5.41) is 3.80. The lowest BCUT2D eigenvalue weighted by Crippen LogP contribution is -2.21. The van der Waals surface area contributed by atoms with Crippen LogP contribution in [-0.2, 0) is 19.0 Å². The van der Waals surface area contributed by atoms with Gasteiger partial charge in [-0.15, -0.1) is 0 Å². The van der Waals surface area contributed by atoms with Gasteiger partial charge in [-0.25, -0.2) is 9.97 Å². The van der Waals surface area contributed by atoms with Crippen LogP contribution in [0.2, 0.25) is 0 Å². The minimum atomic E-state index is -4.32. The predicted molar refractivity (Wildman–Crippen MR) is 100 cm³/mol. The molecule has 0 unspecified atom stereocenters. The fourth-order valence-electron chi connectivity index (χ4n) is 3.48. The zero-order valence-corrected chi connectivity index (χ0v) is 15.0. The number of hydrogen-bond donors (Lipinski definition) is 1. The van der Waals surface area contributed by atoms with Crippen molar-refractivity contribution in [3.8, 4) is 0 Å². The molecule has 0 fully saturated rings. The van der Waals surface area contributed by atoms with Crippen LogP contribution in [0.15, 0.2) is 42.5 Å². The van der Waals surface area contributed by atoms with E-state index >= 15 is 0 Å². The van der Waals surface area contributed by atoms with Gasteiger partial charge in [0.1, 0.15) is 11.6 Å². The molecule has 2 aromatic carbocycles. The first-order chi connectivity index (χ1) is 13.4. The van der Waals surface area contributed by atoms with Crippen LogP contribution >= 0.6 is 0 Å². The summed E-state index contributed by atoms with van der Waals surface area (Å²) in [5.41, 5.74) is 1.44. The average Bonchev–Trinajstić information content (AvgIpc) is 2.68. The predicted octanol–water partition coefficient (Wildman–Crippen LogP) is 4.82. The van der Waals surface area contributed by atoms with E-state index in [0.717, 1.165) is 29.8 Å². The van der Waals surface area contributed by atoms with Gasteiger partial charge in [-0.05, 0) is 37.0 Å². The summed E-state index contributed by atoms with van der Waals surface area (Å²) >= 11 is 0. The van der Waals surface area contributed by atoms with E-state index in [1.807, 2.05) is 12.1 Å². The van der Waals surface area contributed by atoms with E-state index in [-0.39, 0.29) is 12.3 Å². The number of rotatable bonds is 5. The van der Waals surface area contributed by atoms with Crippen molar-refractivity contribution >= 4 is 22.5 Å². The molecule has 7 heteroatoms. The van der Waals surface area contributed by atoms with E-state index in [2.05, 4.69) is 15.3 Å². The third kappa shape index (κ3) is 3.69. The molecule has 0 aliphatic carbocycles. The lowest BCUT2D eigenvalue weighted by molar-refractivity contribution is -0.137. The number of carbonyl (C=O) groups excluding carboxylic acids is 1. The maximum Gasteiger partial charge on any atom is 0.416 e. The number of hydrogen-bond acceptors (Lipinski definition) is 4. The van der Waals surface area contributed by atoms with Gasteiger partial charge in [-0.1, -0.05) is 30.3 Å². The van der Waals surface area contributed by atoms with Crippen molar-refractivity contribution in [3.05, 3.63) is 65.0 Å². The van der Waals surface area contributed by atoms with Crippen LogP contribution in [0.5, 0.6) is 0 Å². The van der Waals surface area contributed by atoms with Gasteiger partial charge in [0.15, 0.2) is 5.78 Å². The Bertz CT molecular complexity index is 1050. The van der Waals surface area contributed by atoms with Crippen molar-refractivity contribution in [2.24, 2.45) is 0 Å². The molecule has 1 aliphatic rings. The first kappa shape index (κ1) is 18.4. The Hall–Kier alpha value is -2.96. The summed E-state index contributed by atoms with van der Waals surface area (Å²) < 4.78 is 38.4. The van der Waals surface area contributed by atoms with Crippen LogP contribution in [0, 0.1) is 0 Å². The van der Waals surface area contributed by atoms with Crippen molar-refractivity contribution in [3.63, 3.8) is 0 Å². The summed E-state index contributed by atoms with van der Waals surface area (Å²) in [6, 6.07) is 10.9. The molecule has 0 saturated heterocycles. The molecule has 1 N–H and O–H groups in total. The van der Waals surface area contributed by atoms with E-state index in [0.29, 0.717) is 35.6 Å². The number of aryl methyl sites for hydroxylation is 2. The van der Waals surface area contributed by atoms with Crippen molar-refractivity contribution in [2.45, 2.75) is 31.9 Å². The standard InChI is InChI=1S/C21H18F3N3O/c22-21(23,24)14-7-3-6-13(11-14)5-1-2-10-18-26-16-9-4-8-15-17(28)12-25-20(27-18)19(15)16/h3-4,6-9,11H,1-2,5,10,12H2,(H,25,26,27). The lowest BCUT2D eigenvalue weighted by atomic mass is 10.0. The molecule has 1 aliphatic heterocycles. The van der Waals surface area contributed by atoms with Crippen molar-refractivity contribution < 1.29 is 18.0 Å². The number of aromatic nitrogens is 2. The molecule has 144 valence electrons. The van der Waals surface area contributed by atoms with E-state index < -0.39 is 11.7 Å². The van der Waals surface area contributed by atoms with Crippen LogP contribution in [-0.4, -0.2) is 22.3 Å². The van der Waals surface area contributed by atoms with Gasteiger partial charge in [0.2, 0.25) is 0 Å². The minimum absolute atomic E-state index is 0.0236. The van der Waals surface area contributed by atoms with Gasteiger partial charge in [0.25, 0.3) is 0 Å². The Morgan fingerprint density at radius 3 is 2.61 bits per heavy atom. The number of halogens is 3. The second-order valence-corrected chi connectivity index (χ2v) is 6.87. The SMILES string of the molecule is O=C1CNc2nc(CCCCc3cccc(C(F)(F)F)c3)nc3cccc1c23. The van der Waals surface area contributed by atoms with Crippen LogP contribution in [0.4, 0.5) is 19.0 Å². The summed E-state index contributed by atoms with van der Waals surface area (Å²) in [5.74, 6) is 1.37. The molecule has 28 heavy (non-hydrogen) atoms. The van der Waals surface area contributed by atoms with E-state index in [4.69, 9.17) is 0 Å². The van der Waals surface area contributed by atoms with Gasteiger partial charge >= 0.3 is 6.18 Å². The Labute approximate surface area is 159 Å². The lowest BCUT2D eigenvalue weighted by Gasteiger charge is -2.17. The molecule has 0 bridgehead atoms. The molecule has 0 radical (unpaired) electrons. The van der Waals surface area contributed by atoms with Crippen molar-refractivity contribution in [1.82, 2.24) is 9.97 Å². The number of nitrogens with one attached hydrogen (secondary N) is 1. The zero-order chi connectivity index (χ0) is 19.7. The normalized spacial score (nSPS) is 13.6. The highest BCUT2D eigenvalue weighted by Gasteiger charge is 2.30. The van der Waals surface area contributed by atoms with E-state index in [9.17, 15) is 18.0 Å². The molecule has 0 spiro atoms.